The maximum atomic E-state index is 12.7. The lowest BCUT2D eigenvalue weighted by molar-refractivity contribution is -0.124. The number of rotatable bonds is 6. The maximum Gasteiger partial charge on any atom is 0.154 e. The summed E-state index contributed by atoms with van der Waals surface area (Å²) in [5.41, 5.74) is 4.77. The van der Waals surface area contributed by atoms with Gasteiger partial charge in [0.25, 0.3) is 0 Å². The number of nitrogens with zero attached hydrogens (tertiary/aromatic N) is 1. The molecular formula is C24H25NO2S. The van der Waals surface area contributed by atoms with Gasteiger partial charge in [-0.3, -0.25) is 9.69 Å². The zero-order valence-corrected chi connectivity index (χ0v) is 17.0. The first kappa shape index (κ1) is 19.1. The monoisotopic (exact) mass is 391 g/mol. The Kier molecular flexibility index (Phi) is 6.01. The van der Waals surface area contributed by atoms with Crippen molar-refractivity contribution in [3.63, 3.8) is 0 Å². The number of ketones is 1. The van der Waals surface area contributed by atoms with E-state index >= 15 is 0 Å². The van der Waals surface area contributed by atoms with Crippen LogP contribution in [0.2, 0.25) is 0 Å². The summed E-state index contributed by atoms with van der Waals surface area (Å²) >= 11 is 1.76. The van der Waals surface area contributed by atoms with Gasteiger partial charge >= 0.3 is 0 Å². The SMILES string of the molecule is CC(C(=O)Cc1ccc(-c2sccc2-c2ccccc2)cc1)N1CCOCC1. The van der Waals surface area contributed by atoms with Crippen molar-refractivity contribution in [2.24, 2.45) is 0 Å². The van der Waals surface area contributed by atoms with Gasteiger partial charge in [0.2, 0.25) is 0 Å². The first-order valence-corrected chi connectivity index (χ1v) is 10.7. The molecule has 144 valence electrons. The van der Waals surface area contributed by atoms with Gasteiger partial charge < -0.3 is 4.74 Å². The van der Waals surface area contributed by atoms with Crippen molar-refractivity contribution in [3.8, 4) is 21.6 Å². The highest BCUT2D eigenvalue weighted by molar-refractivity contribution is 7.14. The third-order valence-electron chi connectivity index (χ3n) is 5.40. The van der Waals surface area contributed by atoms with E-state index in [2.05, 4.69) is 64.9 Å². The van der Waals surface area contributed by atoms with Gasteiger partial charge in [-0.1, -0.05) is 54.6 Å². The Morgan fingerprint density at radius 3 is 2.43 bits per heavy atom. The Hall–Kier alpha value is -2.27. The summed E-state index contributed by atoms with van der Waals surface area (Å²) in [6, 6.07) is 21.1. The number of thiophene rings is 1. The molecule has 3 nitrogen and oxygen atoms in total. The van der Waals surface area contributed by atoms with E-state index in [1.165, 1.54) is 21.6 Å². The molecule has 28 heavy (non-hydrogen) atoms. The van der Waals surface area contributed by atoms with Crippen molar-refractivity contribution in [3.05, 3.63) is 71.6 Å². The van der Waals surface area contributed by atoms with Gasteiger partial charge in [-0.05, 0) is 35.1 Å². The molecule has 0 N–H and O–H groups in total. The number of morpholine rings is 1. The van der Waals surface area contributed by atoms with Crippen LogP contribution in [-0.2, 0) is 16.0 Å². The predicted molar refractivity (Wildman–Crippen MR) is 116 cm³/mol. The fourth-order valence-electron chi connectivity index (χ4n) is 3.67. The number of carbonyl (C=O) groups excluding carboxylic acids is 1. The number of hydrogen-bond acceptors (Lipinski definition) is 4. The van der Waals surface area contributed by atoms with Gasteiger partial charge in [-0.2, -0.15) is 0 Å². The number of benzene rings is 2. The van der Waals surface area contributed by atoms with E-state index in [9.17, 15) is 4.79 Å². The van der Waals surface area contributed by atoms with Crippen LogP contribution in [-0.4, -0.2) is 43.0 Å². The molecule has 3 aromatic rings. The Balaban J connectivity index is 1.46. The Morgan fingerprint density at radius 1 is 1.00 bits per heavy atom. The van der Waals surface area contributed by atoms with E-state index in [-0.39, 0.29) is 11.8 Å². The van der Waals surface area contributed by atoms with Crippen LogP contribution >= 0.6 is 11.3 Å². The highest BCUT2D eigenvalue weighted by atomic mass is 32.1. The molecule has 1 aromatic heterocycles. The lowest BCUT2D eigenvalue weighted by atomic mass is 9.99. The third-order valence-corrected chi connectivity index (χ3v) is 6.37. The van der Waals surface area contributed by atoms with E-state index in [4.69, 9.17) is 4.74 Å². The number of ether oxygens (including phenoxy) is 1. The molecule has 0 aliphatic carbocycles. The summed E-state index contributed by atoms with van der Waals surface area (Å²) in [6.07, 6.45) is 0.481. The molecule has 1 aliphatic heterocycles. The molecule has 1 atom stereocenters. The average molecular weight is 392 g/mol. The molecule has 0 bridgehead atoms. The lowest BCUT2D eigenvalue weighted by Crippen LogP contribution is -2.46. The lowest BCUT2D eigenvalue weighted by Gasteiger charge is -2.31. The number of hydrogen-bond donors (Lipinski definition) is 0. The highest BCUT2D eigenvalue weighted by Crippen LogP contribution is 2.36. The zero-order chi connectivity index (χ0) is 19.3. The van der Waals surface area contributed by atoms with Gasteiger partial charge in [-0.15, -0.1) is 11.3 Å². The van der Waals surface area contributed by atoms with E-state index < -0.39 is 0 Å². The minimum absolute atomic E-state index is 0.0504. The smallest absolute Gasteiger partial charge is 0.154 e. The van der Waals surface area contributed by atoms with Crippen molar-refractivity contribution in [1.82, 2.24) is 4.90 Å². The van der Waals surface area contributed by atoms with Crippen molar-refractivity contribution in [2.75, 3.05) is 26.3 Å². The van der Waals surface area contributed by atoms with Crippen molar-refractivity contribution >= 4 is 17.1 Å². The molecule has 2 heterocycles. The minimum atomic E-state index is -0.0504. The predicted octanol–water partition coefficient (Wildman–Crippen LogP) is 4.91. The normalized spacial score (nSPS) is 16.0. The largest absolute Gasteiger partial charge is 0.379 e. The van der Waals surface area contributed by atoms with Gasteiger partial charge in [0, 0.05) is 30.0 Å². The summed E-state index contributed by atoms with van der Waals surface area (Å²) in [5, 5.41) is 2.14. The van der Waals surface area contributed by atoms with Gasteiger partial charge in [0.1, 0.15) is 0 Å². The molecule has 2 aromatic carbocycles. The van der Waals surface area contributed by atoms with E-state index in [1.807, 2.05) is 13.0 Å². The summed E-state index contributed by atoms with van der Waals surface area (Å²) < 4.78 is 5.39. The number of Topliss-reactive ketones (excluding diaryl/α,β-unsaturated/α-hetero) is 1. The highest BCUT2D eigenvalue weighted by Gasteiger charge is 2.23. The summed E-state index contributed by atoms with van der Waals surface area (Å²) in [7, 11) is 0. The fraction of sp³-hybridized carbons (Fsp3) is 0.292. The molecule has 0 amide bonds. The van der Waals surface area contributed by atoms with Crippen molar-refractivity contribution < 1.29 is 9.53 Å². The van der Waals surface area contributed by atoms with Crippen molar-refractivity contribution in [1.29, 1.82) is 0 Å². The van der Waals surface area contributed by atoms with Crippen LogP contribution < -0.4 is 0 Å². The Bertz CT molecular complexity index is 911. The molecular weight excluding hydrogens is 366 g/mol. The number of carbonyl (C=O) groups is 1. The van der Waals surface area contributed by atoms with Crippen LogP contribution in [0.3, 0.4) is 0 Å². The van der Waals surface area contributed by atoms with Crippen LogP contribution in [0.5, 0.6) is 0 Å². The quantitative estimate of drug-likeness (QED) is 0.598. The zero-order valence-electron chi connectivity index (χ0n) is 16.1. The minimum Gasteiger partial charge on any atom is -0.379 e. The van der Waals surface area contributed by atoms with Gasteiger partial charge in [-0.25, -0.2) is 0 Å². The van der Waals surface area contributed by atoms with Crippen LogP contribution in [0.25, 0.3) is 21.6 Å². The molecule has 0 radical (unpaired) electrons. The average Bonchev–Trinajstić information content (AvgIpc) is 3.25. The standard InChI is InChI=1S/C24H25NO2S/c1-18(25-12-14-27-15-13-25)23(26)17-19-7-9-21(10-8-19)24-22(11-16-28-24)20-5-3-2-4-6-20/h2-11,16,18H,12-15,17H2,1H3. The summed E-state index contributed by atoms with van der Waals surface area (Å²) in [5.74, 6) is 0.274. The van der Waals surface area contributed by atoms with Crippen LogP contribution in [0, 0.1) is 0 Å². The molecule has 1 unspecified atom stereocenters. The van der Waals surface area contributed by atoms with E-state index in [0.29, 0.717) is 6.42 Å². The summed E-state index contributed by atoms with van der Waals surface area (Å²) in [4.78, 5) is 16.2. The first-order chi connectivity index (χ1) is 13.7. The second-order valence-corrected chi connectivity index (χ2v) is 8.11. The maximum absolute atomic E-state index is 12.7. The molecule has 0 saturated carbocycles. The molecule has 1 saturated heterocycles. The fourth-order valence-corrected chi connectivity index (χ4v) is 4.59. The van der Waals surface area contributed by atoms with Crippen LogP contribution in [0.15, 0.2) is 66.0 Å². The van der Waals surface area contributed by atoms with Gasteiger partial charge in [0.05, 0.1) is 19.3 Å². The molecule has 0 spiro atoms. The molecule has 1 aliphatic rings. The van der Waals surface area contributed by atoms with Crippen LogP contribution in [0.4, 0.5) is 0 Å². The molecule has 1 fully saturated rings. The van der Waals surface area contributed by atoms with E-state index in [0.717, 1.165) is 31.9 Å². The van der Waals surface area contributed by atoms with E-state index in [1.54, 1.807) is 11.3 Å². The Morgan fingerprint density at radius 2 is 1.71 bits per heavy atom. The van der Waals surface area contributed by atoms with Gasteiger partial charge in [0.15, 0.2) is 5.78 Å². The summed E-state index contributed by atoms with van der Waals surface area (Å²) in [6.45, 7) is 5.13. The molecule has 4 rings (SSSR count). The Labute approximate surface area is 170 Å². The second kappa shape index (κ2) is 8.82. The third kappa shape index (κ3) is 4.25. The van der Waals surface area contributed by atoms with Crippen molar-refractivity contribution in [2.45, 2.75) is 19.4 Å². The topological polar surface area (TPSA) is 29.5 Å². The first-order valence-electron chi connectivity index (χ1n) is 9.79. The molecule has 4 heteroatoms. The second-order valence-electron chi connectivity index (χ2n) is 7.19. The van der Waals surface area contributed by atoms with Crippen LogP contribution in [0.1, 0.15) is 12.5 Å².